The molecule has 1 rings (SSSR count). The summed E-state index contributed by atoms with van der Waals surface area (Å²) in [5, 5.41) is 3.04. The zero-order valence-corrected chi connectivity index (χ0v) is 14.1. The van der Waals surface area contributed by atoms with Crippen molar-refractivity contribution in [2.75, 3.05) is 33.9 Å². The van der Waals surface area contributed by atoms with Crippen LogP contribution in [0.2, 0.25) is 0 Å². The molecular weight excluding hydrogens is 288 g/mol. The van der Waals surface area contributed by atoms with Gasteiger partial charge in [0.05, 0.1) is 11.5 Å². The van der Waals surface area contributed by atoms with Gasteiger partial charge in [-0.3, -0.25) is 0 Å². The van der Waals surface area contributed by atoms with Crippen LogP contribution in [0.25, 0.3) is 0 Å². The van der Waals surface area contributed by atoms with E-state index in [1.807, 2.05) is 33.0 Å². The Bertz CT molecular complexity index is 512. The van der Waals surface area contributed by atoms with Gasteiger partial charge in [0.2, 0.25) is 10.0 Å². The number of sulfonamides is 1. The first-order valence-electron chi connectivity index (χ1n) is 7.14. The molecule has 1 aromatic carbocycles. The highest BCUT2D eigenvalue weighted by molar-refractivity contribution is 7.89. The van der Waals surface area contributed by atoms with E-state index in [-0.39, 0.29) is 5.92 Å². The lowest BCUT2D eigenvalue weighted by molar-refractivity contribution is 0.175. The van der Waals surface area contributed by atoms with Crippen LogP contribution in [-0.4, -0.2) is 46.6 Å². The van der Waals surface area contributed by atoms with Crippen LogP contribution in [0.15, 0.2) is 29.2 Å². The van der Waals surface area contributed by atoms with Gasteiger partial charge < -0.3 is 10.1 Å². The Morgan fingerprint density at radius 2 is 1.86 bits per heavy atom. The van der Waals surface area contributed by atoms with Gasteiger partial charge in [-0.2, -0.15) is 4.31 Å². The molecule has 0 aliphatic heterocycles. The predicted molar refractivity (Wildman–Crippen MR) is 84.7 cm³/mol. The van der Waals surface area contributed by atoms with E-state index >= 15 is 0 Å². The Hall–Kier alpha value is -0.950. The highest BCUT2D eigenvalue weighted by Crippen LogP contribution is 2.17. The number of benzene rings is 1. The fourth-order valence-corrected chi connectivity index (χ4v) is 3.63. The predicted octanol–water partition coefficient (Wildman–Crippen LogP) is 1.70. The van der Waals surface area contributed by atoms with Crippen LogP contribution in [-0.2, 0) is 21.3 Å². The quantitative estimate of drug-likeness (QED) is 0.754. The summed E-state index contributed by atoms with van der Waals surface area (Å²) in [6, 6.07) is 7.02. The van der Waals surface area contributed by atoms with Gasteiger partial charge in [0, 0.05) is 26.7 Å². The second-order valence-corrected chi connectivity index (χ2v) is 7.36. The third-order valence-electron chi connectivity index (χ3n) is 3.06. The largest absolute Gasteiger partial charge is 0.383 e. The molecule has 21 heavy (non-hydrogen) atoms. The van der Waals surface area contributed by atoms with Crippen molar-refractivity contribution < 1.29 is 13.2 Å². The molecular formula is C15H26N2O3S. The average molecular weight is 314 g/mol. The smallest absolute Gasteiger partial charge is 0.243 e. The Morgan fingerprint density at radius 1 is 1.24 bits per heavy atom. The SMILES string of the molecule is CNCc1ccc(S(=O)(=O)N(CCOC)CC(C)C)cc1. The van der Waals surface area contributed by atoms with Gasteiger partial charge in [0.25, 0.3) is 0 Å². The molecule has 0 saturated heterocycles. The van der Waals surface area contributed by atoms with Crippen molar-refractivity contribution >= 4 is 10.0 Å². The number of rotatable bonds is 9. The molecule has 0 fully saturated rings. The molecule has 0 bridgehead atoms. The van der Waals surface area contributed by atoms with E-state index < -0.39 is 10.0 Å². The number of hydrogen-bond acceptors (Lipinski definition) is 4. The molecule has 0 atom stereocenters. The van der Waals surface area contributed by atoms with E-state index in [0.717, 1.165) is 12.1 Å². The summed E-state index contributed by atoms with van der Waals surface area (Å²) in [6.07, 6.45) is 0. The first kappa shape index (κ1) is 18.1. The molecule has 0 amide bonds. The van der Waals surface area contributed by atoms with Gasteiger partial charge in [-0.1, -0.05) is 26.0 Å². The van der Waals surface area contributed by atoms with Crippen LogP contribution < -0.4 is 5.32 Å². The third-order valence-corrected chi connectivity index (χ3v) is 4.93. The van der Waals surface area contributed by atoms with Crippen LogP contribution in [0.4, 0.5) is 0 Å². The van der Waals surface area contributed by atoms with E-state index in [1.165, 1.54) is 4.31 Å². The van der Waals surface area contributed by atoms with Crippen molar-refractivity contribution in [3.8, 4) is 0 Å². The topological polar surface area (TPSA) is 58.6 Å². The number of nitrogens with one attached hydrogen (secondary N) is 1. The molecule has 1 N–H and O–H groups in total. The van der Waals surface area contributed by atoms with Crippen LogP contribution in [0.3, 0.4) is 0 Å². The maximum atomic E-state index is 12.7. The molecule has 0 saturated carbocycles. The number of nitrogens with zero attached hydrogens (tertiary/aromatic N) is 1. The normalized spacial score (nSPS) is 12.3. The molecule has 0 heterocycles. The van der Waals surface area contributed by atoms with Gasteiger partial charge in [0.1, 0.15) is 0 Å². The van der Waals surface area contributed by atoms with Crippen LogP contribution in [0, 0.1) is 5.92 Å². The van der Waals surface area contributed by atoms with Crippen molar-refractivity contribution in [3.05, 3.63) is 29.8 Å². The van der Waals surface area contributed by atoms with Gasteiger partial charge in [-0.05, 0) is 30.7 Å². The fourth-order valence-electron chi connectivity index (χ4n) is 2.04. The van der Waals surface area contributed by atoms with E-state index in [2.05, 4.69) is 5.32 Å². The second kappa shape index (κ2) is 8.48. The Balaban J connectivity index is 2.97. The second-order valence-electron chi connectivity index (χ2n) is 5.42. The monoisotopic (exact) mass is 314 g/mol. The molecule has 0 spiro atoms. The van der Waals surface area contributed by atoms with Crippen molar-refractivity contribution in [1.82, 2.24) is 9.62 Å². The minimum absolute atomic E-state index is 0.264. The van der Waals surface area contributed by atoms with Crippen molar-refractivity contribution in [1.29, 1.82) is 0 Å². The maximum absolute atomic E-state index is 12.7. The number of hydrogen-bond donors (Lipinski definition) is 1. The molecule has 1 aromatic rings. The van der Waals surface area contributed by atoms with E-state index in [0.29, 0.717) is 24.6 Å². The Kier molecular flexibility index (Phi) is 7.31. The lowest BCUT2D eigenvalue weighted by Gasteiger charge is -2.23. The average Bonchev–Trinajstić information content (AvgIpc) is 2.44. The molecule has 0 aliphatic rings. The summed E-state index contributed by atoms with van der Waals surface area (Å²) < 4.78 is 31.9. The van der Waals surface area contributed by atoms with Gasteiger partial charge in [-0.15, -0.1) is 0 Å². The lowest BCUT2D eigenvalue weighted by atomic mass is 10.2. The van der Waals surface area contributed by atoms with Gasteiger partial charge in [-0.25, -0.2) is 8.42 Å². The van der Waals surface area contributed by atoms with Crippen LogP contribution >= 0.6 is 0 Å². The fraction of sp³-hybridized carbons (Fsp3) is 0.600. The highest BCUT2D eigenvalue weighted by atomic mass is 32.2. The van der Waals surface area contributed by atoms with Crippen molar-refractivity contribution in [3.63, 3.8) is 0 Å². The molecule has 5 nitrogen and oxygen atoms in total. The summed E-state index contributed by atoms with van der Waals surface area (Å²) in [7, 11) is -0.0302. The van der Waals surface area contributed by atoms with Gasteiger partial charge >= 0.3 is 0 Å². The summed E-state index contributed by atoms with van der Waals surface area (Å²) in [6.45, 7) is 5.99. The summed E-state index contributed by atoms with van der Waals surface area (Å²) >= 11 is 0. The number of methoxy groups -OCH3 is 1. The molecule has 120 valence electrons. The Morgan fingerprint density at radius 3 is 2.33 bits per heavy atom. The Labute approximate surface area is 128 Å². The van der Waals surface area contributed by atoms with E-state index in [4.69, 9.17) is 4.74 Å². The van der Waals surface area contributed by atoms with E-state index in [1.54, 1.807) is 19.2 Å². The first-order valence-corrected chi connectivity index (χ1v) is 8.58. The van der Waals surface area contributed by atoms with Crippen molar-refractivity contribution in [2.24, 2.45) is 5.92 Å². The van der Waals surface area contributed by atoms with Gasteiger partial charge in [0.15, 0.2) is 0 Å². The first-order chi connectivity index (χ1) is 9.91. The lowest BCUT2D eigenvalue weighted by Crippen LogP contribution is -2.36. The minimum Gasteiger partial charge on any atom is -0.383 e. The standard InChI is InChI=1S/C15H26N2O3S/c1-13(2)12-17(9-10-20-4)21(18,19)15-7-5-14(6-8-15)11-16-3/h5-8,13,16H,9-12H2,1-4H3. The summed E-state index contributed by atoms with van der Waals surface area (Å²) in [5.74, 6) is 0.264. The molecule has 0 aliphatic carbocycles. The van der Waals surface area contributed by atoms with E-state index in [9.17, 15) is 8.42 Å². The van der Waals surface area contributed by atoms with Crippen molar-refractivity contribution in [2.45, 2.75) is 25.3 Å². The zero-order chi connectivity index (χ0) is 15.9. The molecule has 0 unspecified atom stereocenters. The maximum Gasteiger partial charge on any atom is 0.243 e. The number of ether oxygens (including phenoxy) is 1. The summed E-state index contributed by atoms with van der Waals surface area (Å²) in [5.41, 5.74) is 1.06. The zero-order valence-electron chi connectivity index (χ0n) is 13.3. The highest BCUT2D eigenvalue weighted by Gasteiger charge is 2.24. The molecule has 0 radical (unpaired) electrons. The van der Waals surface area contributed by atoms with Crippen LogP contribution in [0.1, 0.15) is 19.4 Å². The third kappa shape index (κ3) is 5.39. The molecule has 6 heteroatoms. The minimum atomic E-state index is -3.47. The van der Waals surface area contributed by atoms with Crippen LogP contribution in [0.5, 0.6) is 0 Å². The summed E-state index contributed by atoms with van der Waals surface area (Å²) in [4.78, 5) is 0.333. The molecule has 0 aromatic heterocycles.